The normalized spacial score (nSPS) is 15.0. The van der Waals surface area contributed by atoms with Crippen molar-refractivity contribution in [2.45, 2.75) is 26.4 Å². The fraction of sp³-hybridized carbons (Fsp3) is 0.179. The first-order valence-corrected chi connectivity index (χ1v) is 11.0. The smallest absolute Gasteiger partial charge is 0.337 e. The van der Waals surface area contributed by atoms with Gasteiger partial charge in [0.25, 0.3) is 5.91 Å². The largest absolute Gasteiger partial charge is 0.465 e. The molecular weight excluding hydrogens is 430 g/mol. The van der Waals surface area contributed by atoms with E-state index in [1.165, 1.54) is 7.11 Å². The van der Waals surface area contributed by atoms with Crippen molar-refractivity contribution in [1.29, 1.82) is 0 Å². The molecule has 1 unspecified atom stereocenters. The van der Waals surface area contributed by atoms with Crippen LogP contribution in [-0.4, -0.2) is 23.9 Å². The Morgan fingerprint density at radius 1 is 0.941 bits per heavy atom. The van der Waals surface area contributed by atoms with Gasteiger partial charge in [-0.25, -0.2) is 4.79 Å². The molecule has 34 heavy (non-hydrogen) atoms. The van der Waals surface area contributed by atoms with E-state index < -0.39 is 12.0 Å². The summed E-state index contributed by atoms with van der Waals surface area (Å²) in [6.45, 7) is 4.22. The second-order valence-electron chi connectivity index (χ2n) is 8.61. The Hall–Kier alpha value is -4.19. The number of nitrogens with zero attached hydrogens (tertiary/aromatic N) is 1. The predicted molar refractivity (Wildman–Crippen MR) is 128 cm³/mol. The third kappa shape index (κ3) is 3.57. The average Bonchev–Trinajstić information content (AvgIpc) is 3.12. The number of aryl methyl sites for hydroxylation is 2. The van der Waals surface area contributed by atoms with Gasteiger partial charge in [-0.1, -0.05) is 53.6 Å². The molecule has 170 valence electrons. The Kier molecular flexibility index (Phi) is 5.28. The predicted octanol–water partition coefficient (Wildman–Crippen LogP) is 4.94. The highest BCUT2D eigenvalue weighted by atomic mass is 16.5. The maximum Gasteiger partial charge on any atom is 0.337 e. The molecule has 0 fully saturated rings. The summed E-state index contributed by atoms with van der Waals surface area (Å²) in [7, 11) is 1.32. The lowest BCUT2D eigenvalue weighted by Gasteiger charge is -2.25. The summed E-state index contributed by atoms with van der Waals surface area (Å²) < 4.78 is 10.8. The van der Waals surface area contributed by atoms with E-state index in [4.69, 9.17) is 9.15 Å². The zero-order valence-corrected chi connectivity index (χ0v) is 19.1. The molecule has 0 spiro atoms. The second kappa shape index (κ2) is 8.30. The molecule has 0 radical (unpaired) electrons. The molecule has 1 aliphatic heterocycles. The third-order valence-corrected chi connectivity index (χ3v) is 6.24. The zero-order chi connectivity index (χ0) is 24.0. The van der Waals surface area contributed by atoms with Crippen LogP contribution in [0.25, 0.3) is 11.0 Å². The summed E-state index contributed by atoms with van der Waals surface area (Å²) in [5, 5.41) is 0.444. The molecule has 3 aromatic carbocycles. The minimum atomic E-state index is -0.642. The van der Waals surface area contributed by atoms with Crippen molar-refractivity contribution < 1.29 is 18.7 Å². The highest BCUT2D eigenvalue weighted by molar-refractivity contribution is 5.99. The highest BCUT2D eigenvalue weighted by Gasteiger charge is 2.42. The van der Waals surface area contributed by atoms with E-state index in [2.05, 4.69) is 0 Å². The van der Waals surface area contributed by atoms with E-state index in [0.29, 0.717) is 34.2 Å². The Bertz CT molecular complexity index is 1480. The van der Waals surface area contributed by atoms with Crippen LogP contribution in [-0.2, 0) is 11.3 Å². The molecule has 4 aromatic rings. The summed E-state index contributed by atoms with van der Waals surface area (Å²) in [6, 6.07) is 19.4. The second-order valence-corrected chi connectivity index (χ2v) is 8.61. The molecule has 1 atom stereocenters. The molecule has 1 aliphatic rings. The highest BCUT2D eigenvalue weighted by Crippen LogP contribution is 2.39. The first kappa shape index (κ1) is 21.6. The van der Waals surface area contributed by atoms with Gasteiger partial charge in [0.2, 0.25) is 5.76 Å². The van der Waals surface area contributed by atoms with Crippen molar-refractivity contribution >= 4 is 22.8 Å². The first-order valence-electron chi connectivity index (χ1n) is 11.0. The van der Waals surface area contributed by atoms with E-state index in [0.717, 1.165) is 16.7 Å². The van der Waals surface area contributed by atoms with Gasteiger partial charge < -0.3 is 14.1 Å². The quantitative estimate of drug-likeness (QED) is 0.409. The number of esters is 1. The molecule has 0 aliphatic carbocycles. The Labute approximate surface area is 196 Å². The molecule has 2 heterocycles. The van der Waals surface area contributed by atoms with E-state index in [9.17, 15) is 14.4 Å². The van der Waals surface area contributed by atoms with Crippen LogP contribution < -0.4 is 5.43 Å². The van der Waals surface area contributed by atoms with Gasteiger partial charge in [0.15, 0.2) is 5.43 Å². The van der Waals surface area contributed by atoms with Crippen molar-refractivity contribution in [3.8, 4) is 0 Å². The van der Waals surface area contributed by atoms with Crippen LogP contribution in [0.2, 0.25) is 0 Å². The molecule has 6 nitrogen and oxygen atoms in total. The lowest BCUT2D eigenvalue weighted by atomic mass is 9.97. The monoisotopic (exact) mass is 453 g/mol. The van der Waals surface area contributed by atoms with Gasteiger partial charge >= 0.3 is 5.97 Å². The number of carbonyl (C=O) groups is 2. The number of hydrogen-bond acceptors (Lipinski definition) is 5. The van der Waals surface area contributed by atoms with E-state index in [-0.39, 0.29) is 17.1 Å². The molecular formula is C28H23NO5. The van der Waals surface area contributed by atoms with Crippen molar-refractivity contribution in [3.05, 3.63) is 116 Å². The minimum absolute atomic E-state index is 0.0653. The number of rotatable bonds is 4. The van der Waals surface area contributed by atoms with Crippen LogP contribution in [0, 0.1) is 13.8 Å². The van der Waals surface area contributed by atoms with Gasteiger partial charge in [-0.05, 0) is 49.2 Å². The standard InChI is InChI=1S/C28H23NO5/c1-16-4-7-18(8-5-16)15-29-24(19-9-11-20(12-10-19)28(32)33-3)23-25(30)21-14-17(2)6-13-22(21)34-26(23)27(29)31/h4-14,24H,15H2,1-3H3. The number of carbonyl (C=O) groups excluding carboxylic acids is 2. The molecule has 0 saturated heterocycles. The molecule has 6 heteroatoms. The SMILES string of the molecule is COC(=O)c1ccc(C2c3c(oc4ccc(C)cc4c3=O)C(=O)N2Cc2ccc(C)cc2)cc1. The molecule has 5 rings (SSSR count). The topological polar surface area (TPSA) is 76.8 Å². The number of methoxy groups -OCH3 is 1. The molecule has 0 saturated carbocycles. The van der Waals surface area contributed by atoms with Crippen LogP contribution >= 0.6 is 0 Å². The Morgan fingerprint density at radius 3 is 2.29 bits per heavy atom. The average molecular weight is 453 g/mol. The van der Waals surface area contributed by atoms with Gasteiger partial charge in [-0.15, -0.1) is 0 Å². The van der Waals surface area contributed by atoms with Crippen molar-refractivity contribution in [2.75, 3.05) is 7.11 Å². The molecule has 0 bridgehead atoms. The van der Waals surface area contributed by atoms with E-state index >= 15 is 0 Å². The maximum atomic E-state index is 13.7. The number of benzene rings is 3. The number of fused-ring (bicyclic) bond motifs is 2. The van der Waals surface area contributed by atoms with Gasteiger partial charge in [-0.2, -0.15) is 0 Å². The Morgan fingerprint density at radius 2 is 1.62 bits per heavy atom. The molecule has 1 aromatic heterocycles. The number of hydrogen-bond donors (Lipinski definition) is 0. The fourth-order valence-corrected chi connectivity index (χ4v) is 4.45. The summed E-state index contributed by atoms with van der Waals surface area (Å²) in [6.07, 6.45) is 0. The summed E-state index contributed by atoms with van der Waals surface area (Å²) in [4.78, 5) is 40.8. The van der Waals surface area contributed by atoms with Gasteiger partial charge in [0.1, 0.15) is 5.58 Å². The zero-order valence-electron chi connectivity index (χ0n) is 19.1. The third-order valence-electron chi connectivity index (χ3n) is 6.24. The number of amides is 1. The van der Waals surface area contributed by atoms with Crippen LogP contribution in [0.4, 0.5) is 0 Å². The molecule has 0 N–H and O–H groups in total. The van der Waals surface area contributed by atoms with Crippen LogP contribution in [0.1, 0.15) is 54.8 Å². The lowest BCUT2D eigenvalue weighted by molar-refractivity contribution is 0.0599. The summed E-state index contributed by atoms with van der Waals surface area (Å²) in [5.41, 5.74) is 4.58. The van der Waals surface area contributed by atoms with Crippen molar-refractivity contribution in [1.82, 2.24) is 4.90 Å². The molecule has 1 amide bonds. The van der Waals surface area contributed by atoms with Crippen molar-refractivity contribution in [2.24, 2.45) is 0 Å². The van der Waals surface area contributed by atoms with Gasteiger partial charge in [0, 0.05) is 6.54 Å². The van der Waals surface area contributed by atoms with Gasteiger partial charge in [0.05, 0.1) is 29.7 Å². The van der Waals surface area contributed by atoms with Crippen LogP contribution in [0.3, 0.4) is 0 Å². The fourth-order valence-electron chi connectivity index (χ4n) is 4.45. The lowest BCUT2D eigenvalue weighted by Crippen LogP contribution is -2.29. The van der Waals surface area contributed by atoms with E-state index in [1.54, 1.807) is 41.3 Å². The Balaban J connectivity index is 1.68. The minimum Gasteiger partial charge on any atom is -0.465 e. The van der Waals surface area contributed by atoms with E-state index in [1.807, 2.05) is 44.2 Å². The summed E-state index contributed by atoms with van der Waals surface area (Å²) >= 11 is 0. The number of ether oxygens (including phenoxy) is 1. The first-order chi connectivity index (χ1) is 16.4. The van der Waals surface area contributed by atoms with Crippen LogP contribution in [0.5, 0.6) is 0 Å². The van der Waals surface area contributed by atoms with Crippen molar-refractivity contribution in [3.63, 3.8) is 0 Å². The van der Waals surface area contributed by atoms with Gasteiger partial charge in [-0.3, -0.25) is 9.59 Å². The maximum absolute atomic E-state index is 13.7. The van der Waals surface area contributed by atoms with Crippen LogP contribution in [0.15, 0.2) is 75.9 Å². The summed E-state index contributed by atoms with van der Waals surface area (Å²) in [5.74, 6) is -0.723.